The number of carbonyl (C=O) groups excluding carboxylic acids is 1. The van der Waals surface area contributed by atoms with Gasteiger partial charge in [-0.25, -0.2) is 0 Å². The van der Waals surface area contributed by atoms with Gasteiger partial charge in [0.25, 0.3) is 5.91 Å². The molecule has 1 amide bonds. The van der Waals surface area contributed by atoms with Crippen LogP contribution in [0.25, 0.3) is 17.0 Å². The van der Waals surface area contributed by atoms with Crippen LogP contribution < -0.4 is 14.8 Å². The first-order valence-corrected chi connectivity index (χ1v) is 11.0. The minimum Gasteiger partial charge on any atom is -0.454 e. The summed E-state index contributed by atoms with van der Waals surface area (Å²) >= 11 is 0. The van der Waals surface area contributed by atoms with Gasteiger partial charge in [-0.1, -0.05) is 36.4 Å². The molecule has 0 radical (unpaired) electrons. The third kappa shape index (κ3) is 4.57. The average Bonchev–Trinajstić information content (AvgIpc) is 3.50. The predicted octanol–water partition coefficient (Wildman–Crippen LogP) is 4.51. The van der Waals surface area contributed by atoms with E-state index in [9.17, 15) is 10.1 Å². The Balaban J connectivity index is 1.37. The number of nitrogens with zero attached hydrogens (tertiary/aromatic N) is 3. The van der Waals surface area contributed by atoms with Crippen LogP contribution in [-0.4, -0.2) is 17.3 Å². The Kier molecular flexibility index (Phi) is 5.90. The zero-order valence-electron chi connectivity index (χ0n) is 18.7. The second-order valence-corrected chi connectivity index (χ2v) is 8.08. The van der Waals surface area contributed by atoms with Gasteiger partial charge in [-0.15, -0.1) is 0 Å². The summed E-state index contributed by atoms with van der Waals surface area (Å²) in [4.78, 5) is 12.8. The summed E-state index contributed by atoms with van der Waals surface area (Å²) in [6.45, 7) is 1.04. The molecule has 0 saturated carbocycles. The molecule has 2 heterocycles. The van der Waals surface area contributed by atoms with E-state index in [1.807, 2.05) is 60.8 Å². The van der Waals surface area contributed by atoms with E-state index in [0.717, 1.165) is 27.6 Å². The molecule has 0 atom stereocenters. The van der Waals surface area contributed by atoms with Crippen LogP contribution in [0.3, 0.4) is 0 Å². The van der Waals surface area contributed by atoms with Crippen molar-refractivity contribution in [3.05, 3.63) is 101 Å². The van der Waals surface area contributed by atoms with E-state index in [4.69, 9.17) is 14.7 Å². The number of benzene rings is 3. The molecule has 35 heavy (non-hydrogen) atoms. The quantitative estimate of drug-likeness (QED) is 0.337. The van der Waals surface area contributed by atoms with E-state index in [0.29, 0.717) is 23.6 Å². The molecular weight excluding hydrogens is 440 g/mol. The summed E-state index contributed by atoms with van der Waals surface area (Å²) in [5, 5.41) is 22.5. The van der Waals surface area contributed by atoms with Gasteiger partial charge in [0.2, 0.25) is 6.79 Å². The van der Waals surface area contributed by atoms with Crippen LogP contribution >= 0.6 is 0 Å². The highest BCUT2D eigenvalue weighted by Gasteiger charge is 2.15. The molecular formula is C28H20N4O3. The summed E-state index contributed by atoms with van der Waals surface area (Å²) in [7, 11) is 0. The monoisotopic (exact) mass is 460 g/mol. The fourth-order valence-electron chi connectivity index (χ4n) is 4.03. The molecule has 0 saturated heterocycles. The lowest BCUT2D eigenvalue weighted by atomic mass is 10.1. The molecule has 0 bridgehead atoms. The first-order chi connectivity index (χ1) is 17.1. The number of amides is 1. The van der Waals surface area contributed by atoms with E-state index in [1.54, 1.807) is 24.3 Å². The lowest BCUT2D eigenvalue weighted by Gasteiger charge is -2.06. The van der Waals surface area contributed by atoms with Gasteiger partial charge in [-0.05, 0) is 47.5 Å². The zero-order valence-corrected chi connectivity index (χ0v) is 18.7. The Morgan fingerprint density at radius 3 is 2.57 bits per heavy atom. The van der Waals surface area contributed by atoms with Gasteiger partial charge in [0.15, 0.2) is 11.5 Å². The van der Waals surface area contributed by atoms with Crippen molar-refractivity contribution in [1.82, 2.24) is 9.88 Å². The van der Waals surface area contributed by atoms with Crippen LogP contribution in [0.15, 0.2) is 78.5 Å². The van der Waals surface area contributed by atoms with Crippen molar-refractivity contribution in [3.63, 3.8) is 0 Å². The van der Waals surface area contributed by atoms with E-state index >= 15 is 0 Å². The van der Waals surface area contributed by atoms with Crippen LogP contribution in [0, 0.1) is 22.7 Å². The largest absolute Gasteiger partial charge is 0.454 e. The van der Waals surface area contributed by atoms with Crippen LogP contribution in [-0.2, 0) is 17.9 Å². The third-order valence-electron chi connectivity index (χ3n) is 5.81. The van der Waals surface area contributed by atoms with Crippen molar-refractivity contribution in [2.75, 3.05) is 6.79 Å². The molecule has 0 fully saturated rings. The SMILES string of the molecule is N#C/C(=C\c1cn(Cc2ccc(C#N)cc2)c2ccccc12)C(=O)NCc1ccc2c(c1)OCO2. The Hall–Kier alpha value is -5.01. The van der Waals surface area contributed by atoms with Crippen molar-refractivity contribution >= 4 is 22.9 Å². The number of para-hydroxylation sites is 1. The van der Waals surface area contributed by atoms with E-state index in [2.05, 4.69) is 16.0 Å². The molecule has 0 unspecified atom stereocenters. The Bertz CT molecular complexity index is 1540. The molecule has 170 valence electrons. The number of rotatable bonds is 6. The highest BCUT2D eigenvalue weighted by Crippen LogP contribution is 2.32. The summed E-state index contributed by atoms with van der Waals surface area (Å²) in [6.07, 6.45) is 3.55. The van der Waals surface area contributed by atoms with Crippen molar-refractivity contribution in [1.29, 1.82) is 10.5 Å². The molecule has 7 nitrogen and oxygen atoms in total. The molecule has 1 aliphatic rings. The van der Waals surface area contributed by atoms with Crippen molar-refractivity contribution in [2.24, 2.45) is 0 Å². The lowest BCUT2D eigenvalue weighted by Crippen LogP contribution is -2.23. The summed E-state index contributed by atoms with van der Waals surface area (Å²) in [6, 6.07) is 24.9. The highest BCUT2D eigenvalue weighted by molar-refractivity contribution is 6.04. The summed E-state index contributed by atoms with van der Waals surface area (Å²) in [5.41, 5.74) is 4.29. The fraction of sp³-hybridized carbons (Fsp3) is 0.107. The molecule has 0 aliphatic carbocycles. The van der Waals surface area contributed by atoms with Gasteiger partial charge >= 0.3 is 0 Å². The zero-order chi connectivity index (χ0) is 24.2. The van der Waals surface area contributed by atoms with Gasteiger partial charge in [-0.3, -0.25) is 4.79 Å². The second kappa shape index (κ2) is 9.46. The molecule has 4 aromatic rings. The number of hydrogen-bond acceptors (Lipinski definition) is 5. The maximum absolute atomic E-state index is 12.8. The number of carbonyl (C=O) groups is 1. The smallest absolute Gasteiger partial charge is 0.262 e. The minimum atomic E-state index is -0.450. The van der Waals surface area contributed by atoms with Gasteiger partial charge in [0, 0.05) is 35.8 Å². The fourth-order valence-corrected chi connectivity index (χ4v) is 4.03. The third-order valence-corrected chi connectivity index (χ3v) is 5.81. The number of nitrogens with one attached hydrogen (secondary N) is 1. The van der Waals surface area contributed by atoms with Gasteiger partial charge in [0.05, 0.1) is 11.6 Å². The van der Waals surface area contributed by atoms with Gasteiger partial charge < -0.3 is 19.4 Å². The van der Waals surface area contributed by atoms with E-state index in [-0.39, 0.29) is 18.9 Å². The van der Waals surface area contributed by atoms with Crippen molar-refractivity contribution < 1.29 is 14.3 Å². The Labute approximate surface area is 202 Å². The van der Waals surface area contributed by atoms with Gasteiger partial charge in [-0.2, -0.15) is 10.5 Å². The van der Waals surface area contributed by atoms with Crippen molar-refractivity contribution in [2.45, 2.75) is 13.1 Å². The Morgan fingerprint density at radius 1 is 1.00 bits per heavy atom. The number of ether oxygens (including phenoxy) is 2. The number of nitriles is 2. The molecule has 7 heteroatoms. The van der Waals surface area contributed by atoms with Crippen LogP contribution in [0.5, 0.6) is 11.5 Å². The number of hydrogen-bond donors (Lipinski definition) is 1. The minimum absolute atomic E-state index is 0.0204. The molecule has 3 aromatic carbocycles. The summed E-state index contributed by atoms with van der Waals surface area (Å²) in [5.74, 6) is 0.868. The van der Waals surface area contributed by atoms with E-state index in [1.165, 1.54) is 0 Å². The Morgan fingerprint density at radius 2 is 1.77 bits per heavy atom. The molecule has 1 N–H and O–H groups in total. The predicted molar refractivity (Wildman–Crippen MR) is 130 cm³/mol. The van der Waals surface area contributed by atoms with Crippen LogP contribution in [0.4, 0.5) is 0 Å². The van der Waals surface area contributed by atoms with Crippen LogP contribution in [0.1, 0.15) is 22.3 Å². The molecule has 1 aromatic heterocycles. The maximum Gasteiger partial charge on any atom is 0.262 e. The standard InChI is InChI=1S/C28H20N4O3/c29-13-19-5-7-20(8-6-19)16-32-17-23(24-3-1-2-4-25(24)32)12-22(14-30)28(33)31-15-21-9-10-26-27(11-21)35-18-34-26/h1-12,17H,15-16,18H2,(H,31,33)/b22-12+. The molecule has 1 aliphatic heterocycles. The first kappa shape index (κ1) is 21.8. The highest BCUT2D eigenvalue weighted by atomic mass is 16.7. The van der Waals surface area contributed by atoms with Crippen molar-refractivity contribution in [3.8, 4) is 23.6 Å². The molecule has 0 spiro atoms. The van der Waals surface area contributed by atoms with Gasteiger partial charge in [0.1, 0.15) is 11.6 Å². The van der Waals surface area contributed by atoms with E-state index < -0.39 is 5.91 Å². The maximum atomic E-state index is 12.8. The lowest BCUT2D eigenvalue weighted by molar-refractivity contribution is -0.117. The topological polar surface area (TPSA) is 100 Å². The average molecular weight is 460 g/mol. The normalized spacial score (nSPS) is 12.2. The summed E-state index contributed by atoms with van der Waals surface area (Å²) < 4.78 is 12.8. The van der Waals surface area contributed by atoms with Crippen LogP contribution in [0.2, 0.25) is 0 Å². The number of aromatic nitrogens is 1. The second-order valence-electron chi connectivity index (χ2n) is 8.08. The first-order valence-electron chi connectivity index (χ1n) is 11.0. The number of fused-ring (bicyclic) bond motifs is 2. The molecule has 5 rings (SSSR count).